The minimum absolute atomic E-state index is 0.674. The first-order valence-electron chi connectivity index (χ1n) is 11.1. The van der Waals surface area contributed by atoms with Crippen molar-refractivity contribution in [2.75, 3.05) is 5.32 Å². The van der Waals surface area contributed by atoms with Crippen LogP contribution in [-0.4, -0.2) is 6.29 Å². The standard InChI is InChI=1S/C31H27NO/c33-24-28-16-20-31(21-17-28)32-30-18-14-25(15-19-30)12-7-13-29(22-26-8-3-1-4-9-26)23-27-10-5-2-6-11-27/h1-21,24,32H,22-23H2/b12-7+. The number of hydrogen-bond donors (Lipinski definition) is 1. The van der Waals surface area contributed by atoms with E-state index in [2.05, 4.69) is 108 Å². The molecule has 4 rings (SSSR count). The molecule has 0 saturated carbocycles. The number of allylic oxidation sites excluding steroid dienone is 3. The molecule has 0 amide bonds. The molecule has 0 atom stereocenters. The summed E-state index contributed by atoms with van der Waals surface area (Å²) in [5.41, 5.74) is 7.81. The van der Waals surface area contributed by atoms with E-state index in [1.54, 1.807) is 12.1 Å². The summed E-state index contributed by atoms with van der Waals surface area (Å²) in [6, 6.07) is 37.0. The molecule has 0 aliphatic rings. The fourth-order valence-electron chi connectivity index (χ4n) is 3.68. The lowest BCUT2D eigenvalue weighted by atomic mass is 9.98. The molecule has 0 spiro atoms. The van der Waals surface area contributed by atoms with Crippen LogP contribution in [0.3, 0.4) is 0 Å². The second kappa shape index (κ2) is 11.4. The highest BCUT2D eigenvalue weighted by atomic mass is 16.1. The number of hydrogen-bond acceptors (Lipinski definition) is 2. The maximum absolute atomic E-state index is 10.8. The van der Waals surface area contributed by atoms with Crippen LogP contribution in [0.2, 0.25) is 0 Å². The molecule has 0 bridgehead atoms. The highest BCUT2D eigenvalue weighted by Crippen LogP contribution is 2.19. The average molecular weight is 430 g/mol. The normalized spacial score (nSPS) is 10.7. The zero-order chi connectivity index (χ0) is 22.7. The van der Waals surface area contributed by atoms with Crippen molar-refractivity contribution < 1.29 is 4.79 Å². The van der Waals surface area contributed by atoms with Gasteiger partial charge < -0.3 is 5.32 Å². The molecular formula is C31H27NO. The molecule has 0 unspecified atom stereocenters. The summed E-state index contributed by atoms with van der Waals surface area (Å²) in [4.78, 5) is 10.8. The van der Waals surface area contributed by atoms with Gasteiger partial charge in [-0.05, 0) is 65.9 Å². The molecule has 33 heavy (non-hydrogen) atoms. The smallest absolute Gasteiger partial charge is 0.150 e. The van der Waals surface area contributed by atoms with Gasteiger partial charge in [0.2, 0.25) is 0 Å². The number of aldehydes is 1. The van der Waals surface area contributed by atoms with Gasteiger partial charge in [0.05, 0.1) is 0 Å². The van der Waals surface area contributed by atoms with Crippen LogP contribution in [0.5, 0.6) is 0 Å². The third kappa shape index (κ3) is 6.91. The lowest BCUT2D eigenvalue weighted by Crippen LogP contribution is -1.95. The Morgan fingerprint density at radius 2 is 1.09 bits per heavy atom. The van der Waals surface area contributed by atoms with Crippen molar-refractivity contribution in [1.82, 2.24) is 0 Å². The van der Waals surface area contributed by atoms with Gasteiger partial charge in [0.1, 0.15) is 6.29 Å². The minimum Gasteiger partial charge on any atom is -0.356 e. The second-order valence-electron chi connectivity index (χ2n) is 8.00. The largest absolute Gasteiger partial charge is 0.356 e. The zero-order valence-electron chi connectivity index (χ0n) is 18.5. The summed E-state index contributed by atoms with van der Waals surface area (Å²) in [6.45, 7) is 0. The van der Waals surface area contributed by atoms with E-state index in [1.807, 2.05) is 12.1 Å². The van der Waals surface area contributed by atoms with Crippen LogP contribution in [0.4, 0.5) is 11.4 Å². The van der Waals surface area contributed by atoms with Gasteiger partial charge in [0.15, 0.2) is 0 Å². The third-order valence-electron chi connectivity index (χ3n) is 5.41. The van der Waals surface area contributed by atoms with E-state index in [4.69, 9.17) is 0 Å². The molecule has 0 radical (unpaired) electrons. The Morgan fingerprint density at radius 3 is 1.58 bits per heavy atom. The predicted molar refractivity (Wildman–Crippen MR) is 139 cm³/mol. The lowest BCUT2D eigenvalue weighted by molar-refractivity contribution is 0.112. The summed E-state index contributed by atoms with van der Waals surface area (Å²) < 4.78 is 0. The Hall–Kier alpha value is -4.17. The first-order valence-corrected chi connectivity index (χ1v) is 11.1. The number of rotatable bonds is 9. The lowest BCUT2D eigenvalue weighted by Gasteiger charge is -2.08. The number of nitrogens with one attached hydrogen (secondary N) is 1. The van der Waals surface area contributed by atoms with Gasteiger partial charge in [-0.15, -0.1) is 0 Å². The summed E-state index contributed by atoms with van der Waals surface area (Å²) in [5, 5.41) is 3.36. The zero-order valence-corrected chi connectivity index (χ0v) is 18.5. The fourth-order valence-corrected chi connectivity index (χ4v) is 3.68. The predicted octanol–water partition coefficient (Wildman–Crippen LogP) is 7.67. The van der Waals surface area contributed by atoms with Crippen molar-refractivity contribution in [1.29, 1.82) is 0 Å². The monoisotopic (exact) mass is 429 g/mol. The maximum atomic E-state index is 10.8. The van der Waals surface area contributed by atoms with Gasteiger partial charge in [-0.2, -0.15) is 0 Å². The van der Waals surface area contributed by atoms with Crippen LogP contribution in [0.25, 0.3) is 6.08 Å². The maximum Gasteiger partial charge on any atom is 0.150 e. The first-order chi connectivity index (χ1) is 16.3. The molecule has 2 heteroatoms. The van der Waals surface area contributed by atoms with Gasteiger partial charge in [-0.1, -0.05) is 96.6 Å². The average Bonchev–Trinajstić information content (AvgIpc) is 2.87. The molecule has 0 fully saturated rings. The number of carbonyl (C=O) groups excluding carboxylic acids is 1. The molecule has 1 N–H and O–H groups in total. The van der Waals surface area contributed by atoms with Gasteiger partial charge in [-0.3, -0.25) is 4.79 Å². The highest BCUT2D eigenvalue weighted by molar-refractivity contribution is 5.76. The molecule has 0 aliphatic heterocycles. The first kappa shape index (κ1) is 22.0. The van der Waals surface area contributed by atoms with Crippen LogP contribution < -0.4 is 5.32 Å². The second-order valence-corrected chi connectivity index (χ2v) is 8.00. The highest BCUT2D eigenvalue weighted by Gasteiger charge is 2.01. The van der Waals surface area contributed by atoms with E-state index < -0.39 is 0 Å². The quantitative estimate of drug-likeness (QED) is 0.218. The summed E-state index contributed by atoms with van der Waals surface area (Å²) in [5.74, 6) is 0. The van der Waals surface area contributed by atoms with Crippen LogP contribution in [0.15, 0.2) is 127 Å². The van der Waals surface area contributed by atoms with Crippen molar-refractivity contribution in [3.05, 3.63) is 149 Å². The molecular weight excluding hydrogens is 402 g/mol. The van der Waals surface area contributed by atoms with E-state index in [0.29, 0.717) is 5.56 Å². The molecule has 0 aliphatic carbocycles. The Labute approximate surface area is 195 Å². The van der Waals surface area contributed by atoms with E-state index in [0.717, 1.165) is 36.1 Å². The van der Waals surface area contributed by atoms with Gasteiger partial charge >= 0.3 is 0 Å². The Morgan fingerprint density at radius 1 is 0.606 bits per heavy atom. The molecule has 0 heterocycles. The summed E-state index contributed by atoms with van der Waals surface area (Å²) in [6.07, 6.45) is 9.24. The molecule has 0 aromatic heterocycles. The van der Waals surface area contributed by atoms with Crippen molar-refractivity contribution >= 4 is 23.7 Å². The van der Waals surface area contributed by atoms with Crippen LogP contribution >= 0.6 is 0 Å². The van der Waals surface area contributed by atoms with Crippen molar-refractivity contribution in [3.8, 4) is 0 Å². The van der Waals surface area contributed by atoms with E-state index in [1.165, 1.54) is 16.7 Å². The minimum atomic E-state index is 0.674. The number of benzene rings is 4. The topological polar surface area (TPSA) is 29.1 Å². The van der Waals surface area contributed by atoms with Crippen molar-refractivity contribution in [3.63, 3.8) is 0 Å². The fraction of sp³-hybridized carbons (Fsp3) is 0.0645. The summed E-state index contributed by atoms with van der Waals surface area (Å²) in [7, 11) is 0. The third-order valence-corrected chi connectivity index (χ3v) is 5.41. The number of anilines is 2. The van der Waals surface area contributed by atoms with Gasteiger partial charge in [0.25, 0.3) is 0 Å². The Kier molecular flexibility index (Phi) is 7.65. The molecule has 0 saturated heterocycles. The van der Waals surface area contributed by atoms with E-state index >= 15 is 0 Å². The van der Waals surface area contributed by atoms with Gasteiger partial charge in [-0.25, -0.2) is 0 Å². The van der Waals surface area contributed by atoms with E-state index in [-0.39, 0.29) is 0 Å². The van der Waals surface area contributed by atoms with Crippen molar-refractivity contribution in [2.24, 2.45) is 0 Å². The summed E-state index contributed by atoms with van der Waals surface area (Å²) >= 11 is 0. The molecule has 4 aromatic rings. The molecule has 162 valence electrons. The van der Waals surface area contributed by atoms with Crippen molar-refractivity contribution in [2.45, 2.75) is 12.8 Å². The Balaban J connectivity index is 1.43. The SMILES string of the molecule is O=Cc1ccc(Nc2ccc(/C=C/C=C(Cc3ccccc3)Cc3ccccc3)cc2)cc1. The van der Waals surface area contributed by atoms with Crippen LogP contribution in [0, 0.1) is 0 Å². The van der Waals surface area contributed by atoms with E-state index in [9.17, 15) is 4.79 Å². The van der Waals surface area contributed by atoms with Crippen LogP contribution in [0.1, 0.15) is 27.0 Å². The van der Waals surface area contributed by atoms with Gasteiger partial charge in [0, 0.05) is 16.9 Å². The molecule has 2 nitrogen and oxygen atoms in total. The molecule has 4 aromatic carbocycles. The van der Waals surface area contributed by atoms with Crippen LogP contribution in [-0.2, 0) is 12.8 Å². The number of carbonyl (C=O) groups is 1. The Bertz CT molecular complexity index is 1160.